The minimum absolute atomic E-state index is 0.710. The quantitative estimate of drug-likeness (QED) is 0.764. The van der Waals surface area contributed by atoms with E-state index in [4.69, 9.17) is 16.3 Å². The Kier molecular flexibility index (Phi) is 6.09. The fourth-order valence-electron chi connectivity index (χ4n) is 2.16. The van der Waals surface area contributed by atoms with Crippen molar-refractivity contribution >= 4 is 11.6 Å². The summed E-state index contributed by atoms with van der Waals surface area (Å²) in [5.74, 6) is 0.987. The molecule has 0 spiro atoms. The first kappa shape index (κ1) is 15.9. The third-order valence-corrected chi connectivity index (χ3v) is 3.58. The maximum Gasteiger partial charge on any atom is 0.122 e. The van der Waals surface area contributed by atoms with E-state index < -0.39 is 0 Å². The van der Waals surface area contributed by atoms with Crippen LogP contribution < -0.4 is 4.74 Å². The average molecular weight is 304 g/mol. The zero-order valence-electron chi connectivity index (χ0n) is 12.7. The van der Waals surface area contributed by atoms with Crippen molar-refractivity contribution in [3.63, 3.8) is 0 Å². The zero-order chi connectivity index (χ0) is 15.1. The molecule has 2 aromatic rings. The lowest BCUT2D eigenvalue weighted by Gasteiger charge is -2.14. The Labute approximate surface area is 132 Å². The van der Waals surface area contributed by atoms with Crippen LogP contribution in [0.25, 0.3) is 0 Å². The number of rotatable bonds is 7. The first-order valence-electron chi connectivity index (χ1n) is 7.25. The lowest BCUT2D eigenvalue weighted by Crippen LogP contribution is -2.19. The van der Waals surface area contributed by atoms with Crippen LogP contribution in [0.4, 0.5) is 0 Å². The molecule has 0 aliphatic carbocycles. The molecule has 3 heteroatoms. The van der Waals surface area contributed by atoms with Crippen molar-refractivity contribution in [2.24, 2.45) is 0 Å². The van der Waals surface area contributed by atoms with Gasteiger partial charge in [0.25, 0.3) is 0 Å². The Bertz CT molecular complexity index is 569. The number of halogens is 1. The van der Waals surface area contributed by atoms with Gasteiger partial charge in [-0.2, -0.15) is 0 Å². The molecule has 0 N–H and O–H groups in total. The first-order chi connectivity index (χ1) is 10.1. The standard InChI is InChI=1S/C18H22ClNO/c1-20(2)12-13-21-18-9-4-3-7-16(18)11-10-15-6-5-8-17(19)14-15/h3-9,14H,10-13H2,1-2H3. The first-order valence-corrected chi connectivity index (χ1v) is 7.63. The summed E-state index contributed by atoms with van der Waals surface area (Å²) in [6, 6.07) is 16.3. The van der Waals surface area contributed by atoms with Crippen LogP contribution in [0.3, 0.4) is 0 Å². The highest BCUT2D eigenvalue weighted by Gasteiger charge is 2.04. The highest BCUT2D eigenvalue weighted by Crippen LogP contribution is 2.21. The highest BCUT2D eigenvalue weighted by molar-refractivity contribution is 6.30. The fourth-order valence-corrected chi connectivity index (χ4v) is 2.37. The lowest BCUT2D eigenvalue weighted by molar-refractivity contribution is 0.259. The number of aryl methyl sites for hydroxylation is 2. The van der Waals surface area contributed by atoms with Gasteiger partial charge in [0.2, 0.25) is 0 Å². The number of ether oxygens (including phenoxy) is 1. The van der Waals surface area contributed by atoms with Crippen molar-refractivity contribution < 1.29 is 4.74 Å². The number of nitrogens with zero attached hydrogens (tertiary/aromatic N) is 1. The molecule has 21 heavy (non-hydrogen) atoms. The molecule has 0 radical (unpaired) electrons. The van der Waals surface area contributed by atoms with E-state index in [0.29, 0.717) is 6.61 Å². The van der Waals surface area contributed by atoms with E-state index in [2.05, 4.69) is 37.2 Å². The van der Waals surface area contributed by atoms with Gasteiger partial charge in [0, 0.05) is 11.6 Å². The second-order valence-electron chi connectivity index (χ2n) is 5.39. The van der Waals surface area contributed by atoms with Gasteiger partial charge in [0.1, 0.15) is 12.4 Å². The molecular formula is C18H22ClNO. The molecule has 0 atom stereocenters. The largest absolute Gasteiger partial charge is 0.492 e. The summed E-state index contributed by atoms with van der Waals surface area (Å²) in [5, 5.41) is 0.794. The van der Waals surface area contributed by atoms with E-state index in [0.717, 1.165) is 30.2 Å². The Morgan fingerprint density at radius 2 is 1.81 bits per heavy atom. The topological polar surface area (TPSA) is 12.5 Å². The van der Waals surface area contributed by atoms with Crippen molar-refractivity contribution in [2.75, 3.05) is 27.2 Å². The molecule has 0 fully saturated rings. The molecule has 0 aliphatic heterocycles. The molecule has 112 valence electrons. The number of hydrogen-bond acceptors (Lipinski definition) is 2. The minimum atomic E-state index is 0.710. The van der Waals surface area contributed by atoms with Crippen molar-refractivity contribution in [1.82, 2.24) is 4.90 Å². The molecular weight excluding hydrogens is 282 g/mol. The van der Waals surface area contributed by atoms with Gasteiger partial charge in [0.15, 0.2) is 0 Å². The molecule has 0 amide bonds. The lowest BCUT2D eigenvalue weighted by atomic mass is 10.0. The Balaban J connectivity index is 1.96. The van der Waals surface area contributed by atoms with Gasteiger partial charge in [-0.25, -0.2) is 0 Å². The summed E-state index contributed by atoms with van der Waals surface area (Å²) in [7, 11) is 4.10. The van der Waals surface area contributed by atoms with Gasteiger partial charge in [-0.3, -0.25) is 0 Å². The SMILES string of the molecule is CN(C)CCOc1ccccc1CCc1cccc(Cl)c1. The van der Waals surface area contributed by atoms with E-state index in [1.165, 1.54) is 11.1 Å². The Morgan fingerprint density at radius 1 is 1.00 bits per heavy atom. The Hall–Kier alpha value is -1.51. The van der Waals surface area contributed by atoms with Gasteiger partial charge in [-0.1, -0.05) is 41.9 Å². The maximum absolute atomic E-state index is 6.03. The predicted molar refractivity (Wildman–Crippen MR) is 89.4 cm³/mol. The van der Waals surface area contributed by atoms with Crippen LogP contribution in [0.2, 0.25) is 5.02 Å². The normalized spacial score (nSPS) is 10.9. The molecule has 0 heterocycles. The molecule has 2 nitrogen and oxygen atoms in total. The smallest absolute Gasteiger partial charge is 0.122 e. The Morgan fingerprint density at radius 3 is 2.57 bits per heavy atom. The molecule has 2 aromatic carbocycles. The fraction of sp³-hybridized carbons (Fsp3) is 0.333. The summed E-state index contributed by atoms with van der Waals surface area (Å²) in [5.41, 5.74) is 2.50. The molecule has 0 saturated carbocycles. The minimum Gasteiger partial charge on any atom is -0.492 e. The summed E-state index contributed by atoms with van der Waals surface area (Å²) in [4.78, 5) is 2.12. The summed E-state index contributed by atoms with van der Waals surface area (Å²) in [6.45, 7) is 1.63. The summed E-state index contributed by atoms with van der Waals surface area (Å²) >= 11 is 6.03. The number of para-hydroxylation sites is 1. The van der Waals surface area contributed by atoms with Gasteiger partial charge >= 0.3 is 0 Å². The molecule has 0 aliphatic rings. The van der Waals surface area contributed by atoms with E-state index in [-0.39, 0.29) is 0 Å². The van der Waals surface area contributed by atoms with Crippen LogP contribution >= 0.6 is 11.6 Å². The van der Waals surface area contributed by atoms with Crippen LogP contribution in [0.5, 0.6) is 5.75 Å². The third-order valence-electron chi connectivity index (χ3n) is 3.34. The number of benzene rings is 2. The van der Waals surface area contributed by atoms with Crippen LogP contribution in [0, 0.1) is 0 Å². The van der Waals surface area contributed by atoms with Crippen molar-refractivity contribution in [3.05, 3.63) is 64.7 Å². The van der Waals surface area contributed by atoms with Gasteiger partial charge in [-0.05, 0) is 56.3 Å². The van der Waals surface area contributed by atoms with Crippen molar-refractivity contribution in [1.29, 1.82) is 0 Å². The predicted octanol–water partition coefficient (Wildman–Crippen LogP) is 4.07. The molecule has 0 aromatic heterocycles. The van der Waals surface area contributed by atoms with Gasteiger partial charge in [-0.15, -0.1) is 0 Å². The van der Waals surface area contributed by atoms with Crippen LogP contribution in [-0.2, 0) is 12.8 Å². The number of likely N-dealkylation sites (N-methyl/N-ethyl adjacent to an activating group) is 1. The third kappa shape index (κ3) is 5.41. The molecule has 0 unspecified atom stereocenters. The summed E-state index contributed by atoms with van der Waals surface area (Å²) in [6.07, 6.45) is 1.92. The van der Waals surface area contributed by atoms with Crippen LogP contribution in [0.1, 0.15) is 11.1 Å². The molecule has 0 bridgehead atoms. The van der Waals surface area contributed by atoms with Gasteiger partial charge in [0.05, 0.1) is 0 Å². The van der Waals surface area contributed by atoms with E-state index >= 15 is 0 Å². The highest BCUT2D eigenvalue weighted by atomic mass is 35.5. The average Bonchev–Trinajstić information content (AvgIpc) is 2.46. The van der Waals surface area contributed by atoms with Gasteiger partial charge < -0.3 is 9.64 Å². The molecule has 0 saturated heterocycles. The second kappa shape index (κ2) is 8.06. The monoisotopic (exact) mass is 303 g/mol. The van der Waals surface area contributed by atoms with Crippen molar-refractivity contribution in [2.45, 2.75) is 12.8 Å². The van der Waals surface area contributed by atoms with E-state index in [1.54, 1.807) is 0 Å². The van der Waals surface area contributed by atoms with Crippen LogP contribution in [0.15, 0.2) is 48.5 Å². The van der Waals surface area contributed by atoms with Crippen molar-refractivity contribution in [3.8, 4) is 5.75 Å². The van der Waals surface area contributed by atoms with E-state index in [1.807, 2.05) is 30.3 Å². The second-order valence-corrected chi connectivity index (χ2v) is 5.83. The zero-order valence-corrected chi connectivity index (χ0v) is 13.4. The summed E-state index contributed by atoms with van der Waals surface area (Å²) < 4.78 is 5.89. The number of hydrogen-bond donors (Lipinski definition) is 0. The maximum atomic E-state index is 6.03. The van der Waals surface area contributed by atoms with Crippen LogP contribution in [-0.4, -0.2) is 32.1 Å². The molecule has 2 rings (SSSR count). The van der Waals surface area contributed by atoms with E-state index in [9.17, 15) is 0 Å².